The smallest absolute Gasteiger partial charge is 0.245 e. The number of aliphatic hydroxyl groups is 2. The van der Waals surface area contributed by atoms with E-state index in [0.29, 0.717) is 48.3 Å². The van der Waals surface area contributed by atoms with Crippen molar-refractivity contribution in [3.8, 4) is 12.3 Å². The number of unbranched alkanes of at least 4 members (excludes halogenated alkanes) is 1. The molecule has 2 unspecified atom stereocenters. The first kappa shape index (κ1) is 33.4. The van der Waals surface area contributed by atoms with E-state index in [1.165, 1.54) is 25.3 Å². The van der Waals surface area contributed by atoms with Gasteiger partial charge in [0.1, 0.15) is 6.17 Å². The lowest BCUT2D eigenvalue weighted by Crippen LogP contribution is -2.58. The summed E-state index contributed by atoms with van der Waals surface area (Å²) in [7, 11) is 0. The Bertz CT molecular complexity index is 1110. The van der Waals surface area contributed by atoms with E-state index in [0.717, 1.165) is 44.9 Å². The van der Waals surface area contributed by atoms with Crippen molar-refractivity contribution in [3.05, 3.63) is 22.6 Å². The maximum atomic E-state index is 12.6. The quantitative estimate of drug-likeness (QED) is 0.0441. The van der Waals surface area contributed by atoms with Crippen LogP contribution < -0.4 is 10.6 Å². The molecule has 0 saturated heterocycles. The topological polar surface area (TPSA) is 147 Å². The highest BCUT2D eigenvalue weighted by Gasteiger charge is 2.63. The molecule has 4 saturated carbocycles. The average Bonchev–Trinajstić information content (AvgIpc) is 3.33. The largest absolute Gasteiger partial charge is 0.393 e. The molecule has 4 N–H and O–H groups in total. The Hall–Kier alpha value is -2.53. The van der Waals surface area contributed by atoms with Gasteiger partial charge in [-0.1, -0.05) is 32.0 Å². The van der Waals surface area contributed by atoms with Crippen molar-refractivity contribution < 1.29 is 19.8 Å². The molecule has 4 rings (SSSR count). The van der Waals surface area contributed by atoms with E-state index in [1.807, 2.05) is 6.08 Å². The number of amides is 2. The third kappa shape index (κ3) is 7.24. The van der Waals surface area contributed by atoms with Gasteiger partial charge in [0, 0.05) is 17.8 Å². The zero-order valence-electron chi connectivity index (χ0n) is 26.4. The molecule has 0 aromatic carbocycles. The average molecular weight is 596 g/mol. The van der Waals surface area contributed by atoms with Crippen molar-refractivity contribution in [2.24, 2.45) is 51.5 Å². The molecule has 0 bridgehead atoms. The first-order valence-corrected chi connectivity index (χ1v) is 16.6. The summed E-state index contributed by atoms with van der Waals surface area (Å²) in [5.41, 5.74) is 8.84. The first-order chi connectivity index (χ1) is 20.5. The van der Waals surface area contributed by atoms with Crippen LogP contribution in [-0.2, 0) is 9.59 Å². The summed E-state index contributed by atoms with van der Waals surface area (Å²) < 4.78 is 0. The number of allylic oxidation sites excluding steroid dienone is 1. The Morgan fingerprint density at radius 3 is 2.67 bits per heavy atom. The molecule has 4 fully saturated rings. The number of azide groups is 1. The zero-order valence-corrected chi connectivity index (χ0v) is 26.4. The fraction of sp³-hybridized carbons (Fsp3) is 0.824. The normalized spacial score (nSPS) is 38.0. The predicted molar refractivity (Wildman–Crippen MR) is 167 cm³/mol. The number of nitrogens with one attached hydrogen (secondary N) is 2. The van der Waals surface area contributed by atoms with Crippen molar-refractivity contribution in [3.63, 3.8) is 0 Å². The van der Waals surface area contributed by atoms with Crippen molar-refractivity contribution in [2.45, 2.75) is 123 Å². The standard InChI is InChI=1S/C34H53N5O4/c1-5-6-7-11-31(42)37-30(21-36-39-35)38-32(43)12-9-8-10-22(2)26-15-16-27-25-14-13-23-19-24(40)17-18-33(23,3)28(25)20-29(41)34(26,27)4/h1,9,12,22-30,40-41H,6-8,10-11,13-21H2,2-4H3,(H,37,42)(H,38,43)/t22-,23-,24-,25+,26-,27+,28+,29?,30?,33+,34-/m1/s1. The van der Waals surface area contributed by atoms with Gasteiger partial charge in [-0.2, -0.15) is 0 Å². The second-order valence-electron chi connectivity index (χ2n) is 14.4. The van der Waals surface area contributed by atoms with Crippen LogP contribution in [0.5, 0.6) is 0 Å². The van der Waals surface area contributed by atoms with Crippen LogP contribution >= 0.6 is 0 Å². The van der Waals surface area contributed by atoms with E-state index in [4.69, 9.17) is 12.0 Å². The molecule has 11 atom stereocenters. The molecular formula is C34H53N5O4. The van der Waals surface area contributed by atoms with E-state index < -0.39 is 6.17 Å². The minimum absolute atomic E-state index is 0.0774. The highest BCUT2D eigenvalue weighted by molar-refractivity contribution is 5.88. The summed E-state index contributed by atoms with van der Waals surface area (Å²) in [6, 6.07) is 0. The summed E-state index contributed by atoms with van der Waals surface area (Å²) in [4.78, 5) is 27.4. The molecule has 4 aliphatic rings. The molecule has 9 nitrogen and oxygen atoms in total. The van der Waals surface area contributed by atoms with Gasteiger partial charge in [0.05, 0.1) is 18.8 Å². The Morgan fingerprint density at radius 2 is 1.93 bits per heavy atom. The highest BCUT2D eigenvalue weighted by atomic mass is 16.3. The fourth-order valence-corrected chi connectivity index (χ4v) is 9.99. The third-order valence-electron chi connectivity index (χ3n) is 12.3. The van der Waals surface area contributed by atoms with Crippen LogP contribution in [0.1, 0.15) is 104 Å². The number of hydrogen-bond acceptors (Lipinski definition) is 5. The summed E-state index contributed by atoms with van der Waals surface area (Å²) in [5.74, 6) is 5.11. The molecular weight excluding hydrogens is 542 g/mol. The van der Waals surface area contributed by atoms with Gasteiger partial charge in [-0.25, -0.2) is 0 Å². The van der Waals surface area contributed by atoms with Crippen LogP contribution in [0.3, 0.4) is 0 Å². The molecule has 0 radical (unpaired) electrons. The molecule has 0 aromatic heterocycles. The number of carbonyl (C=O) groups is 2. The second-order valence-corrected chi connectivity index (χ2v) is 14.4. The van der Waals surface area contributed by atoms with Gasteiger partial charge in [0.2, 0.25) is 11.8 Å². The molecule has 0 aromatic rings. The maximum absolute atomic E-state index is 12.6. The molecule has 0 aliphatic heterocycles. The predicted octanol–water partition coefficient (Wildman–Crippen LogP) is 5.62. The number of terminal acetylenes is 1. The monoisotopic (exact) mass is 595 g/mol. The molecule has 9 heteroatoms. The number of hydrogen-bond donors (Lipinski definition) is 4. The van der Waals surface area contributed by atoms with Crippen LogP contribution in [-0.4, -0.2) is 46.9 Å². The van der Waals surface area contributed by atoms with Crippen molar-refractivity contribution in [1.82, 2.24) is 10.6 Å². The van der Waals surface area contributed by atoms with Gasteiger partial charge in [-0.15, -0.1) is 12.3 Å². The number of fused-ring (bicyclic) bond motifs is 5. The minimum Gasteiger partial charge on any atom is -0.393 e. The number of rotatable bonds is 12. The second kappa shape index (κ2) is 14.5. The van der Waals surface area contributed by atoms with Gasteiger partial charge in [-0.3, -0.25) is 9.59 Å². The third-order valence-corrected chi connectivity index (χ3v) is 12.3. The van der Waals surface area contributed by atoms with Crippen LogP contribution in [0.15, 0.2) is 17.3 Å². The van der Waals surface area contributed by atoms with Crippen molar-refractivity contribution in [2.75, 3.05) is 6.54 Å². The number of carbonyl (C=O) groups excluding carboxylic acids is 2. The first-order valence-electron chi connectivity index (χ1n) is 16.6. The van der Waals surface area contributed by atoms with Crippen LogP contribution in [0.2, 0.25) is 0 Å². The lowest BCUT2D eigenvalue weighted by Gasteiger charge is -2.62. The van der Waals surface area contributed by atoms with E-state index in [2.05, 4.69) is 47.4 Å². The number of nitrogens with zero attached hydrogens (tertiary/aromatic N) is 3. The van der Waals surface area contributed by atoms with E-state index in [-0.39, 0.29) is 47.8 Å². The summed E-state index contributed by atoms with van der Waals surface area (Å²) in [5, 5.41) is 31.0. The lowest BCUT2D eigenvalue weighted by molar-refractivity contribution is -0.174. The van der Waals surface area contributed by atoms with E-state index in [9.17, 15) is 19.8 Å². The Balaban J connectivity index is 1.30. The molecule has 4 aliphatic carbocycles. The fourth-order valence-electron chi connectivity index (χ4n) is 9.99. The zero-order chi connectivity index (χ0) is 31.2. The van der Waals surface area contributed by atoms with Crippen LogP contribution in [0.25, 0.3) is 10.4 Å². The molecule has 0 heterocycles. The van der Waals surface area contributed by atoms with Gasteiger partial charge in [0.25, 0.3) is 0 Å². The highest BCUT2D eigenvalue weighted by Crippen LogP contribution is 2.68. The molecule has 238 valence electrons. The SMILES string of the molecule is C#CCCCC(=O)NC(CN=[N+]=[N-])NC(=O)C=CCC[C@@H](C)[C@H]1CC[C@H]2[C@@H]3CC[C@@H]4C[C@H](O)CC[C@]4(C)[C@H]3CC(O)[C@]12C. The van der Waals surface area contributed by atoms with Gasteiger partial charge in [0.15, 0.2) is 0 Å². The maximum Gasteiger partial charge on any atom is 0.245 e. The van der Waals surface area contributed by atoms with Gasteiger partial charge >= 0.3 is 0 Å². The minimum atomic E-state index is -0.784. The van der Waals surface area contributed by atoms with Gasteiger partial charge < -0.3 is 20.8 Å². The molecule has 2 amide bonds. The Labute approximate surface area is 257 Å². The lowest BCUT2D eigenvalue weighted by atomic mass is 9.43. The van der Waals surface area contributed by atoms with Crippen molar-refractivity contribution >= 4 is 11.8 Å². The van der Waals surface area contributed by atoms with Crippen molar-refractivity contribution in [1.29, 1.82) is 0 Å². The van der Waals surface area contributed by atoms with Crippen LogP contribution in [0, 0.1) is 58.7 Å². The Morgan fingerprint density at radius 1 is 1.14 bits per heavy atom. The Kier molecular flexibility index (Phi) is 11.3. The van der Waals surface area contributed by atoms with E-state index >= 15 is 0 Å². The molecule has 43 heavy (non-hydrogen) atoms. The van der Waals surface area contributed by atoms with Gasteiger partial charge in [-0.05, 0) is 129 Å². The summed E-state index contributed by atoms with van der Waals surface area (Å²) >= 11 is 0. The van der Waals surface area contributed by atoms with E-state index in [1.54, 1.807) is 0 Å². The van der Waals surface area contributed by atoms with Crippen LogP contribution in [0.4, 0.5) is 0 Å². The summed E-state index contributed by atoms with van der Waals surface area (Å²) in [6.07, 6.45) is 18.9. The molecule has 0 spiro atoms. The number of aliphatic hydroxyl groups excluding tert-OH is 2. The summed E-state index contributed by atoms with van der Waals surface area (Å²) in [6.45, 7) is 7.04.